The number of amides is 3. The Morgan fingerprint density at radius 3 is 2.00 bits per heavy atom. The van der Waals surface area contributed by atoms with Gasteiger partial charge in [-0.1, -0.05) is 20.3 Å². The Hall–Kier alpha value is -2.19. The van der Waals surface area contributed by atoms with Gasteiger partial charge in [-0.25, -0.2) is 4.79 Å². The van der Waals surface area contributed by atoms with Crippen LogP contribution < -0.4 is 33.2 Å². The molecule has 0 aromatic heterocycles. The molecule has 0 bridgehead atoms. The van der Waals surface area contributed by atoms with E-state index in [1.165, 1.54) is 11.8 Å². The lowest BCUT2D eigenvalue weighted by Crippen LogP contribution is -2.58. The van der Waals surface area contributed by atoms with Gasteiger partial charge in [0.05, 0.1) is 6.04 Å². The second-order valence-electron chi connectivity index (χ2n) is 8.45. The van der Waals surface area contributed by atoms with Crippen LogP contribution in [-0.2, 0) is 19.2 Å². The van der Waals surface area contributed by atoms with Gasteiger partial charge in [-0.2, -0.15) is 23.5 Å². The SMILES string of the molecule is CCC(C)C(NC(=O)C(N)CCSC)C(=O)NC(CCSC)C(=O)NC(CCCN=C(N)N)C(=O)O. The van der Waals surface area contributed by atoms with Crippen LogP contribution in [-0.4, -0.2) is 89.5 Å². The average molecular weight is 550 g/mol. The maximum absolute atomic E-state index is 13.2. The first-order valence-corrected chi connectivity index (χ1v) is 14.7. The zero-order valence-electron chi connectivity index (χ0n) is 21.6. The lowest BCUT2D eigenvalue weighted by molar-refractivity contribution is -0.142. The van der Waals surface area contributed by atoms with Gasteiger partial charge in [-0.3, -0.25) is 19.4 Å². The molecule has 5 unspecified atom stereocenters. The molecule has 12 nitrogen and oxygen atoms in total. The summed E-state index contributed by atoms with van der Waals surface area (Å²) in [5.41, 5.74) is 16.5. The molecule has 208 valence electrons. The van der Waals surface area contributed by atoms with Gasteiger partial charge in [0.2, 0.25) is 17.7 Å². The highest BCUT2D eigenvalue weighted by Gasteiger charge is 2.32. The summed E-state index contributed by atoms with van der Waals surface area (Å²) in [6.07, 6.45) is 5.60. The number of nitrogens with two attached hydrogens (primary N) is 3. The van der Waals surface area contributed by atoms with Gasteiger partial charge in [0.15, 0.2) is 5.96 Å². The van der Waals surface area contributed by atoms with Gasteiger partial charge in [0.25, 0.3) is 0 Å². The minimum Gasteiger partial charge on any atom is -0.480 e. The first-order valence-electron chi connectivity index (χ1n) is 11.9. The van der Waals surface area contributed by atoms with Crippen LogP contribution in [0.2, 0.25) is 0 Å². The van der Waals surface area contributed by atoms with E-state index in [1.54, 1.807) is 11.8 Å². The van der Waals surface area contributed by atoms with Crippen molar-refractivity contribution in [3.8, 4) is 0 Å². The summed E-state index contributed by atoms with van der Waals surface area (Å²) in [5.74, 6) is -1.81. The number of guanidine groups is 1. The predicted octanol–water partition coefficient (Wildman–Crippen LogP) is -0.541. The first-order chi connectivity index (χ1) is 17.0. The molecule has 0 rings (SSSR count). The fraction of sp³-hybridized carbons (Fsp3) is 0.773. The molecule has 36 heavy (non-hydrogen) atoms. The van der Waals surface area contributed by atoms with E-state index in [4.69, 9.17) is 17.2 Å². The second kappa shape index (κ2) is 19.0. The molecular formula is C22H43N7O5S2. The molecule has 0 spiro atoms. The highest BCUT2D eigenvalue weighted by atomic mass is 32.2. The van der Waals surface area contributed by atoms with E-state index in [1.807, 2.05) is 26.4 Å². The van der Waals surface area contributed by atoms with Crippen LogP contribution in [0.15, 0.2) is 4.99 Å². The van der Waals surface area contributed by atoms with Crippen LogP contribution in [0.5, 0.6) is 0 Å². The third-order valence-electron chi connectivity index (χ3n) is 5.57. The molecule has 0 aliphatic carbocycles. The number of carboxylic acids is 1. The molecule has 0 aliphatic rings. The molecule has 5 atom stereocenters. The van der Waals surface area contributed by atoms with Gasteiger partial charge in [0.1, 0.15) is 18.1 Å². The first kappa shape index (κ1) is 33.8. The van der Waals surface area contributed by atoms with Crippen molar-refractivity contribution in [2.75, 3.05) is 30.6 Å². The van der Waals surface area contributed by atoms with Crippen molar-refractivity contribution in [1.29, 1.82) is 0 Å². The summed E-state index contributed by atoms with van der Waals surface area (Å²) in [6, 6.07) is -3.78. The summed E-state index contributed by atoms with van der Waals surface area (Å²) in [4.78, 5) is 54.2. The molecule has 0 saturated heterocycles. The van der Waals surface area contributed by atoms with E-state index in [9.17, 15) is 24.3 Å². The molecule has 3 amide bonds. The molecule has 0 radical (unpaired) electrons. The quantitative estimate of drug-likeness (QED) is 0.0620. The van der Waals surface area contributed by atoms with Crippen LogP contribution in [0, 0.1) is 5.92 Å². The topological polar surface area (TPSA) is 215 Å². The van der Waals surface area contributed by atoms with Crippen LogP contribution in [0.3, 0.4) is 0 Å². The fourth-order valence-electron chi connectivity index (χ4n) is 3.14. The van der Waals surface area contributed by atoms with Crippen molar-refractivity contribution in [1.82, 2.24) is 16.0 Å². The standard InChI is InChI=1S/C22H43N7O5S2/c1-5-13(2)17(29-18(30)14(23)8-11-35-3)20(32)27-15(9-12-36-4)19(31)28-16(21(33)34)7-6-10-26-22(24)25/h13-17H,5-12,23H2,1-4H3,(H,27,32)(H,28,31)(H,29,30)(H,33,34)(H4,24,25,26). The van der Waals surface area contributed by atoms with Crippen molar-refractivity contribution >= 4 is 53.2 Å². The number of nitrogens with zero attached hydrogens (tertiary/aromatic N) is 1. The normalized spacial score (nSPS) is 15.0. The van der Waals surface area contributed by atoms with Gasteiger partial charge in [-0.05, 0) is 55.6 Å². The van der Waals surface area contributed by atoms with Crippen molar-refractivity contribution in [2.24, 2.45) is 28.1 Å². The Kier molecular flexibility index (Phi) is 17.8. The van der Waals surface area contributed by atoms with E-state index in [0.717, 1.165) is 0 Å². The number of aliphatic carboxylic acids is 1. The monoisotopic (exact) mass is 549 g/mol. The van der Waals surface area contributed by atoms with Gasteiger partial charge < -0.3 is 38.3 Å². The number of hydrogen-bond donors (Lipinski definition) is 7. The van der Waals surface area contributed by atoms with Crippen LogP contribution in [0.4, 0.5) is 0 Å². The zero-order chi connectivity index (χ0) is 27.7. The van der Waals surface area contributed by atoms with E-state index in [-0.39, 0.29) is 31.3 Å². The Morgan fingerprint density at radius 1 is 0.889 bits per heavy atom. The number of carboxylic acid groups (broad SMARTS) is 1. The number of carbonyl (C=O) groups is 4. The number of rotatable bonds is 19. The molecular weight excluding hydrogens is 506 g/mol. The smallest absolute Gasteiger partial charge is 0.326 e. The van der Waals surface area contributed by atoms with Crippen LogP contribution in [0.1, 0.15) is 46.0 Å². The number of hydrogen-bond acceptors (Lipinski definition) is 8. The highest BCUT2D eigenvalue weighted by Crippen LogP contribution is 2.11. The Balaban J connectivity index is 5.43. The Morgan fingerprint density at radius 2 is 1.47 bits per heavy atom. The number of thioether (sulfide) groups is 2. The minimum atomic E-state index is -1.20. The summed E-state index contributed by atoms with van der Waals surface area (Å²) in [7, 11) is 0. The van der Waals surface area contributed by atoms with E-state index < -0.39 is 47.9 Å². The van der Waals surface area contributed by atoms with E-state index in [2.05, 4.69) is 20.9 Å². The maximum atomic E-state index is 13.2. The second-order valence-corrected chi connectivity index (χ2v) is 10.4. The van der Waals surface area contributed by atoms with Gasteiger partial charge in [0, 0.05) is 6.54 Å². The van der Waals surface area contributed by atoms with E-state index in [0.29, 0.717) is 30.8 Å². The maximum Gasteiger partial charge on any atom is 0.326 e. The number of nitrogens with one attached hydrogen (secondary N) is 3. The Bertz CT molecular complexity index is 738. The Labute approximate surface area is 222 Å². The minimum absolute atomic E-state index is 0.0982. The van der Waals surface area contributed by atoms with Crippen molar-refractivity contribution < 1.29 is 24.3 Å². The molecule has 0 aromatic rings. The summed E-state index contributed by atoms with van der Waals surface area (Å²) in [6.45, 7) is 3.94. The average Bonchev–Trinajstić information content (AvgIpc) is 2.83. The molecule has 10 N–H and O–H groups in total. The number of aliphatic imine (C=N–C) groups is 1. The van der Waals surface area contributed by atoms with Gasteiger partial charge in [-0.15, -0.1) is 0 Å². The third kappa shape index (κ3) is 13.8. The molecule has 14 heteroatoms. The van der Waals surface area contributed by atoms with Crippen LogP contribution >= 0.6 is 23.5 Å². The molecule has 0 fully saturated rings. The predicted molar refractivity (Wildman–Crippen MR) is 147 cm³/mol. The molecule has 0 heterocycles. The highest BCUT2D eigenvalue weighted by molar-refractivity contribution is 7.98. The van der Waals surface area contributed by atoms with Crippen molar-refractivity contribution in [3.63, 3.8) is 0 Å². The summed E-state index contributed by atoms with van der Waals surface area (Å²) in [5, 5.41) is 17.5. The molecule has 0 aliphatic heterocycles. The summed E-state index contributed by atoms with van der Waals surface area (Å²) >= 11 is 3.06. The lowest BCUT2D eigenvalue weighted by Gasteiger charge is -2.28. The largest absolute Gasteiger partial charge is 0.480 e. The number of carbonyl (C=O) groups excluding carboxylic acids is 3. The third-order valence-corrected chi connectivity index (χ3v) is 6.85. The molecule has 0 saturated carbocycles. The van der Waals surface area contributed by atoms with E-state index >= 15 is 0 Å². The lowest BCUT2D eigenvalue weighted by atomic mass is 9.97. The summed E-state index contributed by atoms with van der Waals surface area (Å²) < 4.78 is 0. The van der Waals surface area contributed by atoms with Crippen molar-refractivity contribution in [2.45, 2.75) is 70.1 Å². The van der Waals surface area contributed by atoms with Gasteiger partial charge >= 0.3 is 5.97 Å². The zero-order valence-corrected chi connectivity index (χ0v) is 23.3. The van der Waals surface area contributed by atoms with Crippen LogP contribution in [0.25, 0.3) is 0 Å². The fourth-order valence-corrected chi connectivity index (χ4v) is 4.10. The molecule has 0 aromatic carbocycles. The van der Waals surface area contributed by atoms with Crippen molar-refractivity contribution in [3.05, 3.63) is 0 Å².